The summed E-state index contributed by atoms with van der Waals surface area (Å²) in [7, 11) is 1.60. The molecule has 6 heteroatoms. The molecule has 0 spiro atoms. The molecule has 0 unspecified atom stereocenters. The van der Waals surface area contributed by atoms with E-state index >= 15 is 0 Å². The monoisotopic (exact) mass is 203 g/mol. The zero-order valence-corrected chi connectivity index (χ0v) is 7.89. The summed E-state index contributed by atoms with van der Waals surface area (Å²) < 4.78 is 4.81. The maximum Gasteiger partial charge on any atom is 0.347 e. The molecule has 2 N–H and O–H groups in total. The van der Waals surface area contributed by atoms with E-state index in [-0.39, 0.29) is 5.15 Å². The maximum absolute atomic E-state index is 10.8. The number of halogens is 1. The lowest BCUT2D eigenvalue weighted by Crippen LogP contribution is -2.15. The van der Waals surface area contributed by atoms with Gasteiger partial charge < -0.3 is 10.1 Å². The summed E-state index contributed by atoms with van der Waals surface area (Å²) in [4.78, 5) is 16.8. The third-order valence-corrected chi connectivity index (χ3v) is 1.53. The Morgan fingerprint density at radius 2 is 2.54 bits per heavy atom. The minimum absolute atomic E-state index is 0.264. The Hall–Kier alpha value is -1.07. The van der Waals surface area contributed by atoms with Crippen LogP contribution in [0.25, 0.3) is 0 Å². The van der Waals surface area contributed by atoms with Crippen molar-refractivity contribution in [3.05, 3.63) is 21.7 Å². The lowest BCUT2D eigenvalue weighted by Gasteiger charge is -2.03. The van der Waals surface area contributed by atoms with Crippen LogP contribution >= 0.6 is 11.6 Å². The van der Waals surface area contributed by atoms with Crippen molar-refractivity contribution in [1.82, 2.24) is 9.97 Å². The van der Waals surface area contributed by atoms with Gasteiger partial charge in [-0.25, -0.2) is 4.79 Å². The number of hydrogen-bond donors (Lipinski definition) is 2. The summed E-state index contributed by atoms with van der Waals surface area (Å²) in [6.07, 6.45) is 0. The normalized spacial score (nSPS) is 10.0. The van der Waals surface area contributed by atoms with E-state index in [1.54, 1.807) is 13.2 Å². The molecule has 1 rings (SSSR count). The first-order valence-corrected chi connectivity index (χ1v) is 4.10. The SMILES string of the molecule is COCCNc1cc(Cl)[nH]c(=O)n1. The van der Waals surface area contributed by atoms with Crippen LogP contribution in [0.15, 0.2) is 10.9 Å². The molecule has 0 atom stereocenters. The minimum Gasteiger partial charge on any atom is -0.383 e. The molecule has 0 radical (unpaired) electrons. The molecule has 0 saturated heterocycles. The largest absolute Gasteiger partial charge is 0.383 e. The second-order valence-electron chi connectivity index (χ2n) is 2.34. The Labute approximate surface area is 80.1 Å². The fourth-order valence-electron chi connectivity index (χ4n) is 0.800. The van der Waals surface area contributed by atoms with E-state index in [1.807, 2.05) is 0 Å². The van der Waals surface area contributed by atoms with Crippen LogP contribution in [0.3, 0.4) is 0 Å². The van der Waals surface area contributed by atoms with Crippen molar-refractivity contribution in [2.75, 3.05) is 25.6 Å². The van der Waals surface area contributed by atoms with Crippen LogP contribution in [0, 0.1) is 0 Å². The number of H-pyrrole nitrogens is 1. The first kappa shape index (κ1) is 10.0. The molecular weight excluding hydrogens is 194 g/mol. The van der Waals surface area contributed by atoms with E-state index < -0.39 is 5.69 Å². The second-order valence-corrected chi connectivity index (χ2v) is 2.75. The summed E-state index contributed by atoms with van der Waals surface area (Å²) in [5.74, 6) is 0.450. The molecule has 1 aromatic rings. The van der Waals surface area contributed by atoms with Crippen LogP contribution in [-0.2, 0) is 4.74 Å². The lowest BCUT2D eigenvalue weighted by atomic mass is 10.5. The van der Waals surface area contributed by atoms with E-state index in [1.165, 1.54) is 0 Å². The predicted octanol–water partition coefficient (Wildman–Crippen LogP) is 0.482. The summed E-state index contributed by atoms with van der Waals surface area (Å²) in [6.45, 7) is 1.13. The fourth-order valence-corrected chi connectivity index (χ4v) is 0.984. The third kappa shape index (κ3) is 3.43. The van der Waals surface area contributed by atoms with Gasteiger partial charge in [-0.1, -0.05) is 11.6 Å². The number of nitrogens with one attached hydrogen (secondary N) is 2. The van der Waals surface area contributed by atoms with Gasteiger partial charge in [0.1, 0.15) is 11.0 Å². The van der Waals surface area contributed by atoms with Gasteiger partial charge in [-0.05, 0) is 0 Å². The molecule has 1 heterocycles. The van der Waals surface area contributed by atoms with E-state index in [0.29, 0.717) is 19.0 Å². The Morgan fingerprint density at radius 3 is 3.15 bits per heavy atom. The zero-order chi connectivity index (χ0) is 9.68. The van der Waals surface area contributed by atoms with Gasteiger partial charge in [-0.2, -0.15) is 4.98 Å². The fraction of sp³-hybridized carbons (Fsp3) is 0.429. The molecule has 0 bridgehead atoms. The molecule has 0 amide bonds. The molecule has 0 aliphatic rings. The highest BCUT2D eigenvalue weighted by molar-refractivity contribution is 6.29. The number of methoxy groups -OCH3 is 1. The van der Waals surface area contributed by atoms with Crippen molar-refractivity contribution < 1.29 is 4.74 Å². The third-order valence-electron chi connectivity index (χ3n) is 1.32. The number of hydrogen-bond acceptors (Lipinski definition) is 4. The van der Waals surface area contributed by atoms with Crippen LogP contribution in [0.4, 0.5) is 5.82 Å². The summed E-state index contributed by atoms with van der Waals surface area (Å²) in [6, 6.07) is 1.54. The molecule has 0 aliphatic heterocycles. The number of ether oxygens (including phenoxy) is 1. The van der Waals surface area contributed by atoms with Gasteiger partial charge in [0.2, 0.25) is 0 Å². The zero-order valence-electron chi connectivity index (χ0n) is 7.13. The van der Waals surface area contributed by atoms with Crippen LogP contribution in [-0.4, -0.2) is 30.2 Å². The van der Waals surface area contributed by atoms with Crippen molar-refractivity contribution in [3.8, 4) is 0 Å². The number of aromatic amines is 1. The first-order chi connectivity index (χ1) is 6.22. The Morgan fingerprint density at radius 1 is 1.77 bits per heavy atom. The summed E-state index contributed by atoms with van der Waals surface area (Å²) in [5, 5.41) is 3.15. The van der Waals surface area contributed by atoms with Crippen LogP contribution in [0.1, 0.15) is 0 Å². The topological polar surface area (TPSA) is 67.0 Å². The molecule has 13 heavy (non-hydrogen) atoms. The summed E-state index contributed by atoms with van der Waals surface area (Å²) >= 11 is 5.60. The second kappa shape index (κ2) is 4.84. The van der Waals surface area contributed by atoms with Crippen molar-refractivity contribution in [3.63, 3.8) is 0 Å². The van der Waals surface area contributed by atoms with E-state index in [2.05, 4.69) is 15.3 Å². The van der Waals surface area contributed by atoms with E-state index in [9.17, 15) is 4.79 Å². The Balaban J connectivity index is 2.61. The van der Waals surface area contributed by atoms with Crippen molar-refractivity contribution >= 4 is 17.4 Å². The van der Waals surface area contributed by atoms with Gasteiger partial charge in [0, 0.05) is 19.7 Å². The molecule has 0 saturated carbocycles. The van der Waals surface area contributed by atoms with Gasteiger partial charge in [0.15, 0.2) is 0 Å². The van der Waals surface area contributed by atoms with Crippen molar-refractivity contribution in [1.29, 1.82) is 0 Å². The van der Waals surface area contributed by atoms with Crippen molar-refractivity contribution in [2.24, 2.45) is 0 Å². The average molecular weight is 204 g/mol. The molecular formula is C7H10ClN3O2. The van der Waals surface area contributed by atoms with Crippen LogP contribution in [0.2, 0.25) is 5.15 Å². The van der Waals surface area contributed by atoms with Gasteiger partial charge in [0.25, 0.3) is 0 Å². The molecule has 0 aromatic carbocycles. The van der Waals surface area contributed by atoms with Crippen LogP contribution < -0.4 is 11.0 Å². The van der Waals surface area contributed by atoms with Gasteiger partial charge in [-0.15, -0.1) is 0 Å². The molecule has 1 aromatic heterocycles. The standard InChI is InChI=1S/C7H10ClN3O2/c1-13-3-2-9-6-4-5(8)10-7(12)11-6/h4H,2-3H2,1H3,(H2,9,10,11,12). The quantitative estimate of drug-likeness (QED) is 0.552. The van der Waals surface area contributed by atoms with Gasteiger partial charge in [0.05, 0.1) is 6.61 Å². The van der Waals surface area contributed by atoms with E-state index in [0.717, 1.165) is 0 Å². The number of rotatable bonds is 4. The van der Waals surface area contributed by atoms with Crippen molar-refractivity contribution in [2.45, 2.75) is 0 Å². The minimum atomic E-state index is -0.465. The summed E-state index contributed by atoms with van der Waals surface area (Å²) in [5.41, 5.74) is -0.465. The predicted molar refractivity (Wildman–Crippen MR) is 50.2 cm³/mol. The maximum atomic E-state index is 10.8. The van der Waals surface area contributed by atoms with Gasteiger partial charge >= 0.3 is 5.69 Å². The highest BCUT2D eigenvalue weighted by Gasteiger charge is 1.96. The molecule has 0 aliphatic carbocycles. The Kier molecular flexibility index (Phi) is 3.72. The van der Waals surface area contributed by atoms with Crippen LogP contribution in [0.5, 0.6) is 0 Å². The lowest BCUT2D eigenvalue weighted by molar-refractivity contribution is 0.210. The van der Waals surface area contributed by atoms with E-state index in [4.69, 9.17) is 16.3 Å². The number of aromatic nitrogens is 2. The smallest absolute Gasteiger partial charge is 0.347 e. The molecule has 72 valence electrons. The molecule has 5 nitrogen and oxygen atoms in total. The highest BCUT2D eigenvalue weighted by atomic mass is 35.5. The average Bonchev–Trinajstić information content (AvgIpc) is 2.03. The number of nitrogens with zero attached hydrogens (tertiary/aromatic N) is 1. The Bertz CT molecular complexity index is 326. The number of anilines is 1. The molecule has 0 fully saturated rings. The van der Waals surface area contributed by atoms with Gasteiger partial charge in [-0.3, -0.25) is 4.98 Å². The highest BCUT2D eigenvalue weighted by Crippen LogP contribution is 2.05. The first-order valence-electron chi connectivity index (χ1n) is 3.72.